The number of hydrogen-bond donors (Lipinski definition) is 2. The molecule has 21 heavy (non-hydrogen) atoms. The Kier molecular flexibility index (Phi) is 6.28. The zero-order valence-electron chi connectivity index (χ0n) is 13.6. The second-order valence-corrected chi connectivity index (χ2v) is 5.23. The minimum atomic E-state index is 0.241. The summed E-state index contributed by atoms with van der Waals surface area (Å²) in [6.07, 6.45) is 1.44. The first-order chi connectivity index (χ1) is 9.92. The molecule has 0 atom stereocenters. The van der Waals surface area contributed by atoms with Gasteiger partial charge in [0, 0.05) is 24.4 Å². The van der Waals surface area contributed by atoms with Crippen molar-refractivity contribution in [3.8, 4) is 0 Å². The Morgan fingerprint density at radius 2 is 2.00 bits per heavy atom. The van der Waals surface area contributed by atoms with E-state index in [4.69, 9.17) is 5.73 Å². The van der Waals surface area contributed by atoms with Crippen molar-refractivity contribution < 1.29 is 4.79 Å². The molecule has 1 aromatic rings. The largest absolute Gasteiger partial charge is 0.397 e. The van der Waals surface area contributed by atoms with Gasteiger partial charge >= 0.3 is 0 Å². The molecule has 0 aliphatic heterocycles. The number of nitrogen functional groups attached to an aromatic ring is 1. The normalized spacial score (nSPS) is 10.3. The highest BCUT2D eigenvalue weighted by Gasteiger charge is 2.14. The molecule has 0 heterocycles. The van der Waals surface area contributed by atoms with Crippen LogP contribution in [-0.4, -0.2) is 18.9 Å². The van der Waals surface area contributed by atoms with E-state index in [1.807, 2.05) is 26.0 Å². The van der Waals surface area contributed by atoms with E-state index in [2.05, 4.69) is 30.6 Å². The number of anilines is 3. The van der Waals surface area contributed by atoms with Crippen LogP contribution in [-0.2, 0) is 11.2 Å². The molecule has 0 fully saturated rings. The number of aryl methyl sites for hydroxylation is 1. The Bertz CT molecular complexity index is 523. The first-order valence-corrected chi connectivity index (χ1v) is 7.54. The van der Waals surface area contributed by atoms with Gasteiger partial charge in [0.2, 0.25) is 0 Å². The number of allylic oxidation sites excluding steroid dienone is 1. The van der Waals surface area contributed by atoms with E-state index in [9.17, 15) is 4.79 Å². The van der Waals surface area contributed by atoms with E-state index in [0.29, 0.717) is 18.7 Å². The zero-order valence-corrected chi connectivity index (χ0v) is 13.6. The summed E-state index contributed by atoms with van der Waals surface area (Å²) in [6, 6.07) is 4.01. The van der Waals surface area contributed by atoms with Gasteiger partial charge in [0.1, 0.15) is 0 Å². The lowest BCUT2D eigenvalue weighted by Crippen LogP contribution is -2.30. The first-order valence-electron chi connectivity index (χ1n) is 7.54. The van der Waals surface area contributed by atoms with Crippen molar-refractivity contribution >= 4 is 22.8 Å². The lowest BCUT2D eigenvalue weighted by atomic mass is 10.1. The van der Waals surface area contributed by atoms with Crippen LogP contribution in [0.2, 0.25) is 0 Å². The molecule has 0 aliphatic rings. The Morgan fingerprint density at radius 1 is 1.33 bits per heavy atom. The number of Topliss-reactive ketones (excluding diaryl/α,β-unsaturated/α-hetero) is 1. The molecule has 0 saturated carbocycles. The molecule has 0 unspecified atom stereocenters. The molecule has 0 radical (unpaired) electrons. The van der Waals surface area contributed by atoms with Crippen LogP contribution in [0.4, 0.5) is 17.1 Å². The second kappa shape index (κ2) is 7.72. The van der Waals surface area contributed by atoms with Crippen LogP contribution in [0.3, 0.4) is 0 Å². The van der Waals surface area contributed by atoms with Crippen LogP contribution >= 0.6 is 0 Å². The van der Waals surface area contributed by atoms with E-state index in [1.165, 1.54) is 0 Å². The molecule has 4 heteroatoms. The summed E-state index contributed by atoms with van der Waals surface area (Å²) in [5.41, 5.74) is 10.7. The molecule has 1 aromatic carbocycles. The van der Waals surface area contributed by atoms with Crippen LogP contribution in [0.15, 0.2) is 24.4 Å². The molecule has 0 aromatic heterocycles. The molecule has 0 aliphatic carbocycles. The number of carbonyl (C=O) groups excluding carboxylic acids is 1. The van der Waals surface area contributed by atoms with Gasteiger partial charge in [-0.2, -0.15) is 0 Å². The van der Waals surface area contributed by atoms with Crippen molar-refractivity contribution in [2.45, 2.75) is 40.5 Å². The molecule has 1 rings (SSSR count). The molecule has 0 saturated heterocycles. The topological polar surface area (TPSA) is 58.4 Å². The smallest absolute Gasteiger partial charge is 0.151 e. The van der Waals surface area contributed by atoms with Gasteiger partial charge in [-0.3, -0.25) is 4.79 Å². The number of carbonyl (C=O) groups is 1. The summed E-state index contributed by atoms with van der Waals surface area (Å²) >= 11 is 0. The third-order valence-corrected chi connectivity index (χ3v) is 3.46. The van der Waals surface area contributed by atoms with Crippen molar-refractivity contribution in [3.63, 3.8) is 0 Å². The highest BCUT2D eigenvalue weighted by molar-refractivity contribution is 5.85. The number of nitrogens with two attached hydrogens (primary N) is 1. The molecule has 116 valence electrons. The molecule has 0 bridgehead atoms. The number of rotatable bonds is 8. The monoisotopic (exact) mass is 289 g/mol. The lowest BCUT2D eigenvalue weighted by Gasteiger charge is -2.26. The van der Waals surface area contributed by atoms with Crippen LogP contribution in [0.5, 0.6) is 0 Å². The van der Waals surface area contributed by atoms with Gasteiger partial charge in [-0.15, -0.1) is 0 Å². The quantitative estimate of drug-likeness (QED) is 0.718. The second-order valence-electron chi connectivity index (χ2n) is 5.23. The maximum absolute atomic E-state index is 11.8. The van der Waals surface area contributed by atoms with Gasteiger partial charge in [-0.25, -0.2) is 0 Å². The number of likely N-dealkylation sites (N-methyl/N-ethyl adjacent to an activating group) is 1. The summed E-state index contributed by atoms with van der Waals surface area (Å²) < 4.78 is 0. The summed E-state index contributed by atoms with van der Waals surface area (Å²) in [6.45, 7) is 13.0. The van der Waals surface area contributed by atoms with Crippen molar-refractivity contribution in [3.05, 3.63) is 30.0 Å². The summed E-state index contributed by atoms with van der Waals surface area (Å²) in [5.74, 6) is 0.241. The standard InChI is InChI=1S/C17H27N3O/c1-6-13-9-15(18)16(19-12(4)5)10-17(13)20(8-3)11-14(21)7-2/h9-10,19H,4,6-8,11,18H2,1-3,5H3. The average molecular weight is 289 g/mol. The van der Waals surface area contributed by atoms with Gasteiger partial charge in [-0.1, -0.05) is 20.4 Å². The molecular weight excluding hydrogens is 262 g/mol. The summed E-state index contributed by atoms with van der Waals surface area (Å²) in [4.78, 5) is 13.9. The van der Waals surface area contributed by atoms with Crippen LogP contribution in [0.25, 0.3) is 0 Å². The first kappa shape index (κ1) is 17.1. The van der Waals surface area contributed by atoms with Crippen molar-refractivity contribution in [1.29, 1.82) is 0 Å². The Hall–Kier alpha value is -1.97. The maximum Gasteiger partial charge on any atom is 0.151 e. The Balaban J connectivity index is 3.23. The lowest BCUT2D eigenvalue weighted by molar-refractivity contribution is -0.117. The van der Waals surface area contributed by atoms with E-state index < -0.39 is 0 Å². The predicted molar refractivity (Wildman–Crippen MR) is 91.9 cm³/mol. The fraction of sp³-hybridized carbons (Fsp3) is 0.471. The van der Waals surface area contributed by atoms with Gasteiger partial charge in [0.15, 0.2) is 5.78 Å². The molecule has 4 nitrogen and oxygen atoms in total. The van der Waals surface area contributed by atoms with E-state index in [0.717, 1.165) is 35.6 Å². The Labute approximate surface area is 128 Å². The number of ketones is 1. The number of benzene rings is 1. The van der Waals surface area contributed by atoms with Gasteiger partial charge in [0.25, 0.3) is 0 Å². The molecule has 3 N–H and O–H groups in total. The Morgan fingerprint density at radius 3 is 2.48 bits per heavy atom. The highest BCUT2D eigenvalue weighted by Crippen LogP contribution is 2.31. The van der Waals surface area contributed by atoms with Crippen molar-refractivity contribution in [2.24, 2.45) is 0 Å². The van der Waals surface area contributed by atoms with Crippen LogP contribution in [0.1, 0.15) is 39.7 Å². The van der Waals surface area contributed by atoms with E-state index in [-0.39, 0.29) is 5.78 Å². The van der Waals surface area contributed by atoms with Gasteiger partial charge in [0.05, 0.1) is 17.9 Å². The fourth-order valence-electron chi connectivity index (χ4n) is 2.26. The number of nitrogens with one attached hydrogen (secondary N) is 1. The molecule has 0 spiro atoms. The minimum absolute atomic E-state index is 0.241. The number of hydrogen-bond acceptors (Lipinski definition) is 4. The molecular formula is C17H27N3O. The van der Waals surface area contributed by atoms with Crippen molar-refractivity contribution in [2.75, 3.05) is 29.0 Å². The van der Waals surface area contributed by atoms with E-state index in [1.54, 1.807) is 0 Å². The SMILES string of the molecule is C=C(C)Nc1cc(N(CC)CC(=O)CC)c(CC)cc1N. The maximum atomic E-state index is 11.8. The third kappa shape index (κ3) is 4.52. The summed E-state index contributed by atoms with van der Waals surface area (Å²) in [5, 5.41) is 3.18. The molecule has 0 amide bonds. The fourth-order valence-corrected chi connectivity index (χ4v) is 2.26. The summed E-state index contributed by atoms with van der Waals surface area (Å²) in [7, 11) is 0. The van der Waals surface area contributed by atoms with Crippen molar-refractivity contribution in [1.82, 2.24) is 0 Å². The van der Waals surface area contributed by atoms with E-state index >= 15 is 0 Å². The predicted octanol–water partition coefficient (Wildman–Crippen LogP) is 3.58. The minimum Gasteiger partial charge on any atom is -0.397 e. The van der Waals surface area contributed by atoms with Gasteiger partial charge in [-0.05, 0) is 38.0 Å². The van der Waals surface area contributed by atoms with Crippen LogP contribution in [0, 0.1) is 0 Å². The average Bonchev–Trinajstić information content (AvgIpc) is 2.45. The van der Waals surface area contributed by atoms with Crippen LogP contribution < -0.4 is 16.0 Å². The highest BCUT2D eigenvalue weighted by atomic mass is 16.1. The van der Waals surface area contributed by atoms with Gasteiger partial charge < -0.3 is 16.0 Å². The zero-order chi connectivity index (χ0) is 16.0. The third-order valence-electron chi connectivity index (χ3n) is 3.46. The number of nitrogens with zero attached hydrogens (tertiary/aromatic N) is 1.